The topological polar surface area (TPSA) is 99.4 Å². The largest absolute Gasteiger partial charge is 0.507 e. The molecule has 0 amide bonds. The minimum absolute atomic E-state index is 0.0311. The summed E-state index contributed by atoms with van der Waals surface area (Å²) in [5.74, 6) is -0.506. The van der Waals surface area contributed by atoms with Crippen LogP contribution in [0.5, 0.6) is 34.5 Å². The lowest BCUT2D eigenvalue weighted by molar-refractivity contribution is 0.241. The van der Waals surface area contributed by atoms with Crippen LogP contribution in [0.15, 0.2) is 24.3 Å². The van der Waals surface area contributed by atoms with E-state index in [9.17, 15) is 20.4 Å². The zero-order valence-electron chi connectivity index (χ0n) is 11.9. The van der Waals surface area contributed by atoms with Gasteiger partial charge in [0.2, 0.25) is 5.75 Å². The monoisotopic (exact) mass is 304 g/mol. The van der Waals surface area contributed by atoms with Crippen molar-refractivity contribution in [3.05, 3.63) is 35.4 Å². The number of phenols is 4. The first-order valence-corrected chi connectivity index (χ1v) is 6.77. The molecule has 6 nitrogen and oxygen atoms in total. The van der Waals surface area contributed by atoms with Gasteiger partial charge in [-0.1, -0.05) is 6.07 Å². The minimum Gasteiger partial charge on any atom is -0.507 e. The Morgan fingerprint density at radius 1 is 1.05 bits per heavy atom. The molecule has 22 heavy (non-hydrogen) atoms. The molecule has 0 aromatic heterocycles. The van der Waals surface area contributed by atoms with Crippen LogP contribution in [0.1, 0.15) is 17.0 Å². The number of ether oxygens (including phenoxy) is 2. The van der Waals surface area contributed by atoms with Crippen molar-refractivity contribution in [2.24, 2.45) is 0 Å². The molecule has 116 valence electrons. The molecule has 0 aliphatic carbocycles. The fraction of sp³-hybridized carbons (Fsp3) is 0.250. The average molecular weight is 304 g/mol. The summed E-state index contributed by atoms with van der Waals surface area (Å²) in [6.07, 6.45) is 0.417. The number of aromatic hydroxyl groups is 4. The Hall–Kier alpha value is -2.76. The van der Waals surface area contributed by atoms with Gasteiger partial charge in [0.1, 0.15) is 5.75 Å². The van der Waals surface area contributed by atoms with Crippen molar-refractivity contribution in [1.29, 1.82) is 0 Å². The van der Waals surface area contributed by atoms with Crippen molar-refractivity contribution in [2.45, 2.75) is 12.3 Å². The maximum absolute atomic E-state index is 9.94. The number of hydrogen-bond acceptors (Lipinski definition) is 6. The third-order valence-electron chi connectivity index (χ3n) is 3.87. The predicted octanol–water partition coefficient (Wildman–Crippen LogP) is 2.24. The first-order valence-electron chi connectivity index (χ1n) is 6.77. The SMILES string of the molecule is COc1ccc(C2COc3c(O)c(O)cc(O)c3C2)cc1O. The molecule has 2 aromatic rings. The summed E-state index contributed by atoms with van der Waals surface area (Å²) in [6, 6.07) is 6.16. The molecule has 1 atom stereocenters. The highest BCUT2D eigenvalue weighted by Crippen LogP contribution is 2.48. The van der Waals surface area contributed by atoms with Crippen LogP contribution in [0.3, 0.4) is 0 Å². The summed E-state index contributed by atoms with van der Waals surface area (Å²) in [5.41, 5.74) is 1.26. The van der Waals surface area contributed by atoms with Crippen molar-refractivity contribution in [3.63, 3.8) is 0 Å². The van der Waals surface area contributed by atoms with E-state index in [1.807, 2.05) is 6.07 Å². The molecule has 2 aromatic carbocycles. The molecule has 6 heteroatoms. The van der Waals surface area contributed by atoms with Crippen molar-refractivity contribution in [1.82, 2.24) is 0 Å². The highest BCUT2D eigenvalue weighted by atomic mass is 16.5. The van der Waals surface area contributed by atoms with E-state index in [1.165, 1.54) is 7.11 Å². The molecule has 0 saturated heterocycles. The van der Waals surface area contributed by atoms with Gasteiger partial charge in [0.25, 0.3) is 0 Å². The lowest BCUT2D eigenvalue weighted by Gasteiger charge is -2.27. The summed E-state index contributed by atoms with van der Waals surface area (Å²) in [7, 11) is 1.47. The number of benzene rings is 2. The van der Waals surface area contributed by atoms with Gasteiger partial charge in [0, 0.05) is 17.5 Å². The van der Waals surface area contributed by atoms with E-state index >= 15 is 0 Å². The second-order valence-electron chi connectivity index (χ2n) is 5.21. The standard InChI is InChI=1S/C16H16O6/c1-21-14-3-2-8(5-12(14)18)9-4-10-11(17)6-13(19)15(20)16(10)22-7-9/h2-3,5-6,9,17-20H,4,7H2,1H3. The predicted molar refractivity (Wildman–Crippen MR) is 78.0 cm³/mol. The number of methoxy groups -OCH3 is 1. The van der Waals surface area contributed by atoms with Gasteiger partial charge in [-0.25, -0.2) is 0 Å². The fourth-order valence-corrected chi connectivity index (χ4v) is 2.68. The third kappa shape index (κ3) is 2.22. The Morgan fingerprint density at radius 3 is 2.50 bits per heavy atom. The zero-order chi connectivity index (χ0) is 15.9. The molecular weight excluding hydrogens is 288 g/mol. The second kappa shape index (κ2) is 5.22. The van der Waals surface area contributed by atoms with Crippen LogP contribution < -0.4 is 9.47 Å². The van der Waals surface area contributed by atoms with E-state index in [0.29, 0.717) is 17.7 Å². The van der Waals surface area contributed by atoms with Crippen molar-refractivity contribution < 1.29 is 29.9 Å². The summed E-state index contributed by atoms with van der Waals surface area (Å²) < 4.78 is 10.5. The molecule has 1 aliphatic rings. The molecule has 0 saturated carbocycles. The lowest BCUT2D eigenvalue weighted by Crippen LogP contribution is -2.19. The van der Waals surface area contributed by atoms with Crippen LogP contribution in [-0.2, 0) is 6.42 Å². The number of rotatable bonds is 2. The highest BCUT2D eigenvalue weighted by Gasteiger charge is 2.28. The van der Waals surface area contributed by atoms with Crippen molar-refractivity contribution in [2.75, 3.05) is 13.7 Å². The number of hydrogen-bond donors (Lipinski definition) is 4. The molecule has 0 bridgehead atoms. The van der Waals surface area contributed by atoms with Gasteiger partial charge in [0.15, 0.2) is 23.0 Å². The summed E-state index contributed by atoms with van der Waals surface area (Å²) in [6.45, 7) is 0.259. The van der Waals surface area contributed by atoms with Gasteiger partial charge in [0.05, 0.1) is 13.7 Å². The Morgan fingerprint density at radius 2 is 1.82 bits per heavy atom. The van der Waals surface area contributed by atoms with Gasteiger partial charge in [-0.15, -0.1) is 0 Å². The van der Waals surface area contributed by atoms with E-state index < -0.39 is 5.75 Å². The molecule has 4 N–H and O–H groups in total. The van der Waals surface area contributed by atoms with Crippen LogP contribution in [0.25, 0.3) is 0 Å². The number of phenolic OH excluding ortho intramolecular Hbond substituents is 4. The van der Waals surface area contributed by atoms with Crippen LogP contribution in [0.4, 0.5) is 0 Å². The van der Waals surface area contributed by atoms with Gasteiger partial charge in [-0.2, -0.15) is 0 Å². The molecular formula is C16H16O6. The minimum atomic E-state index is -0.420. The molecule has 0 radical (unpaired) electrons. The average Bonchev–Trinajstić information content (AvgIpc) is 2.52. The normalized spacial score (nSPS) is 16.7. The lowest BCUT2D eigenvalue weighted by atomic mass is 9.89. The fourth-order valence-electron chi connectivity index (χ4n) is 2.68. The first-order chi connectivity index (χ1) is 10.5. The molecule has 1 heterocycles. The van der Waals surface area contributed by atoms with Gasteiger partial charge in [-0.3, -0.25) is 0 Å². The van der Waals surface area contributed by atoms with E-state index in [-0.39, 0.29) is 35.5 Å². The highest BCUT2D eigenvalue weighted by molar-refractivity contribution is 5.61. The van der Waals surface area contributed by atoms with Crippen LogP contribution in [-0.4, -0.2) is 34.1 Å². The zero-order valence-corrected chi connectivity index (χ0v) is 11.9. The van der Waals surface area contributed by atoms with Crippen LogP contribution >= 0.6 is 0 Å². The second-order valence-corrected chi connectivity index (χ2v) is 5.21. The Kier molecular flexibility index (Phi) is 3.36. The number of fused-ring (bicyclic) bond motifs is 1. The molecule has 1 aliphatic heterocycles. The van der Waals surface area contributed by atoms with Crippen molar-refractivity contribution >= 4 is 0 Å². The van der Waals surface area contributed by atoms with Gasteiger partial charge in [-0.05, 0) is 24.1 Å². The Labute approximate surface area is 126 Å². The van der Waals surface area contributed by atoms with E-state index in [0.717, 1.165) is 11.6 Å². The molecule has 3 rings (SSSR count). The smallest absolute Gasteiger partial charge is 0.201 e. The maximum Gasteiger partial charge on any atom is 0.201 e. The maximum atomic E-state index is 9.94. The summed E-state index contributed by atoms with van der Waals surface area (Å²) >= 11 is 0. The van der Waals surface area contributed by atoms with Crippen LogP contribution in [0, 0.1) is 0 Å². The Bertz CT molecular complexity index is 725. The van der Waals surface area contributed by atoms with E-state index in [4.69, 9.17) is 9.47 Å². The van der Waals surface area contributed by atoms with Crippen molar-refractivity contribution in [3.8, 4) is 34.5 Å². The van der Waals surface area contributed by atoms with Crippen LogP contribution in [0.2, 0.25) is 0 Å². The quantitative estimate of drug-likeness (QED) is 0.501. The molecule has 0 spiro atoms. The molecule has 1 unspecified atom stereocenters. The molecule has 0 fully saturated rings. The van der Waals surface area contributed by atoms with E-state index in [1.54, 1.807) is 12.1 Å². The summed E-state index contributed by atoms with van der Waals surface area (Å²) in [5, 5.41) is 39.1. The first kappa shape index (κ1) is 14.2. The summed E-state index contributed by atoms with van der Waals surface area (Å²) in [4.78, 5) is 0. The Balaban J connectivity index is 1.95. The van der Waals surface area contributed by atoms with Gasteiger partial charge < -0.3 is 29.9 Å². The van der Waals surface area contributed by atoms with E-state index in [2.05, 4.69) is 0 Å². The van der Waals surface area contributed by atoms with Gasteiger partial charge >= 0.3 is 0 Å². The third-order valence-corrected chi connectivity index (χ3v) is 3.87.